The molecule has 0 amide bonds. The fraction of sp³-hybridized carbons (Fsp3) is 0.667. The first kappa shape index (κ1) is 22.6. The summed E-state index contributed by atoms with van der Waals surface area (Å²) in [6.07, 6.45) is 24.3. The summed E-state index contributed by atoms with van der Waals surface area (Å²) in [7, 11) is 0. The van der Waals surface area contributed by atoms with E-state index in [0.717, 1.165) is 32.1 Å². The maximum absolute atomic E-state index is 11.3. The highest BCUT2D eigenvalue weighted by molar-refractivity contribution is 5.69. The Kier molecular flexibility index (Phi) is 18.6. The average molecular weight is 337 g/mol. The van der Waals surface area contributed by atoms with E-state index in [2.05, 4.69) is 43.4 Å². The minimum absolute atomic E-state index is 0.0712. The summed E-state index contributed by atoms with van der Waals surface area (Å²) in [5, 5.41) is 8.59. The van der Waals surface area contributed by atoms with Crippen molar-refractivity contribution < 1.29 is 14.6 Å². The zero-order valence-corrected chi connectivity index (χ0v) is 15.4. The van der Waals surface area contributed by atoms with Gasteiger partial charge in [-0.2, -0.15) is 0 Å². The SMILES string of the molecule is CCCCCC=CC/C=C\C/C=C\CCCCC(=O)OCCCO. The number of rotatable bonds is 16. The summed E-state index contributed by atoms with van der Waals surface area (Å²) in [5.41, 5.74) is 0. The number of ether oxygens (including phenoxy) is 1. The molecular weight excluding hydrogens is 300 g/mol. The molecular formula is C21H36O3. The molecule has 0 heterocycles. The summed E-state index contributed by atoms with van der Waals surface area (Å²) in [4.78, 5) is 11.3. The van der Waals surface area contributed by atoms with E-state index in [1.54, 1.807) is 0 Å². The molecule has 3 heteroatoms. The number of aliphatic hydroxyl groups excluding tert-OH is 1. The normalized spacial score (nSPS) is 11.9. The lowest BCUT2D eigenvalue weighted by atomic mass is 10.1. The predicted molar refractivity (Wildman–Crippen MR) is 102 cm³/mol. The van der Waals surface area contributed by atoms with Crippen LogP contribution in [0.25, 0.3) is 0 Å². The summed E-state index contributed by atoms with van der Waals surface area (Å²) >= 11 is 0. The zero-order valence-electron chi connectivity index (χ0n) is 15.4. The minimum atomic E-state index is -0.155. The lowest BCUT2D eigenvalue weighted by molar-refractivity contribution is -0.144. The van der Waals surface area contributed by atoms with Crippen LogP contribution in [-0.2, 0) is 9.53 Å². The molecule has 24 heavy (non-hydrogen) atoms. The maximum atomic E-state index is 11.3. The largest absolute Gasteiger partial charge is 0.466 e. The van der Waals surface area contributed by atoms with Crippen LogP contribution >= 0.6 is 0 Å². The Labute approximate surface area is 148 Å². The molecule has 0 bridgehead atoms. The Morgan fingerprint density at radius 1 is 0.833 bits per heavy atom. The second-order valence-electron chi connectivity index (χ2n) is 5.92. The Bertz CT molecular complexity index is 356. The fourth-order valence-corrected chi connectivity index (χ4v) is 2.14. The molecule has 0 radical (unpaired) electrons. The van der Waals surface area contributed by atoms with Gasteiger partial charge in [-0.05, 0) is 44.9 Å². The summed E-state index contributed by atoms with van der Waals surface area (Å²) in [6.45, 7) is 2.63. The first-order valence-electron chi connectivity index (χ1n) is 9.52. The van der Waals surface area contributed by atoms with Crippen molar-refractivity contribution >= 4 is 5.97 Å². The van der Waals surface area contributed by atoms with Crippen molar-refractivity contribution in [3.8, 4) is 0 Å². The number of hydrogen-bond donors (Lipinski definition) is 1. The fourth-order valence-electron chi connectivity index (χ4n) is 2.14. The Hall–Kier alpha value is -1.35. The third-order valence-corrected chi connectivity index (χ3v) is 3.59. The summed E-state index contributed by atoms with van der Waals surface area (Å²) in [5.74, 6) is -0.155. The number of aliphatic hydroxyl groups is 1. The molecule has 3 nitrogen and oxygen atoms in total. The number of unbranched alkanes of at least 4 members (excludes halogenated alkanes) is 5. The van der Waals surface area contributed by atoms with Crippen LogP contribution in [-0.4, -0.2) is 24.3 Å². The molecule has 0 aliphatic heterocycles. The molecule has 0 fully saturated rings. The van der Waals surface area contributed by atoms with Crippen LogP contribution in [0.15, 0.2) is 36.5 Å². The average Bonchev–Trinajstić information content (AvgIpc) is 2.58. The standard InChI is InChI=1S/C21H36O3/c1-2-3-4-5-6-7-8-9-10-11-12-13-14-15-16-18-21(23)24-20-17-19-22/h6-7,9-10,12-13,22H,2-5,8,11,14-20H2,1H3/b7-6?,10-9-,13-12-. The van der Waals surface area contributed by atoms with Gasteiger partial charge in [-0.3, -0.25) is 4.79 Å². The van der Waals surface area contributed by atoms with Gasteiger partial charge < -0.3 is 9.84 Å². The van der Waals surface area contributed by atoms with Crippen LogP contribution in [0.2, 0.25) is 0 Å². The second-order valence-corrected chi connectivity index (χ2v) is 5.92. The number of carbonyl (C=O) groups excluding carboxylic acids is 1. The number of carbonyl (C=O) groups is 1. The highest BCUT2D eigenvalue weighted by atomic mass is 16.5. The van der Waals surface area contributed by atoms with Crippen LogP contribution in [0.3, 0.4) is 0 Å². The van der Waals surface area contributed by atoms with E-state index in [0.29, 0.717) is 19.4 Å². The van der Waals surface area contributed by atoms with Crippen molar-refractivity contribution in [2.45, 2.75) is 77.6 Å². The molecule has 0 saturated heterocycles. The maximum Gasteiger partial charge on any atom is 0.305 e. The van der Waals surface area contributed by atoms with Gasteiger partial charge in [0, 0.05) is 19.4 Å². The Morgan fingerprint density at radius 3 is 2.00 bits per heavy atom. The smallest absolute Gasteiger partial charge is 0.305 e. The van der Waals surface area contributed by atoms with Crippen LogP contribution in [0.5, 0.6) is 0 Å². The van der Waals surface area contributed by atoms with Crippen molar-refractivity contribution in [2.75, 3.05) is 13.2 Å². The number of hydrogen-bond acceptors (Lipinski definition) is 3. The molecule has 0 aliphatic rings. The first-order valence-corrected chi connectivity index (χ1v) is 9.52. The van der Waals surface area contributed by atoms with Gasteiger partial charge in [0.1, 0.15) is 0 Å². The molecule has 0 spiro atoms. The van der Waals surface area contributed by atoms with E-state index < -0.39 is 0 Å². The molecule has 0 rings (SSSR count). The Balaban J connectivity index is 3.37. The van der Waals surface area contributed by atoms with E-state index >= 15 is 0 Å². The van der Waals surface area contributed by atoms with Crippen molar-refractivity contribution in [3.05, 3.63) is 36.5 Å². The van der Waals surface area contributed by atoms with Gasteiger partial charge in [-0.1, -0.05) is 56.2 Å². The van der Waals surface area contributed by atoms with Gasteiger partial charge in [0.2, 0.25) is 0 Å². The van der Waals surface area contributed by atoms with E-state index in [9.17, 15) is 4.79 Å². The predicted octanol–water partition coefficient (Wildman–Crippen LogP) is 5.50. The Morgan fingerprint density at radius 2 is 1.42 bits per heavy atom. The van der Waals surface area contributed by atoms with Crippen LogP contribution in [0.4, 0.5) is 0 Å². The van der Waals surface area contributed by atoms with Gasteiger partial charge >= 0.3 is 5.97 Å². The molecule has 138 valence electrons. The molecule has 0 atom stereocenters. The zero-order chi connectivity index (χ0) is 17.7. The van der Waals surface area contributed by atoms with Crippen LogP contribution < -0.4 is 0 Å². The topological polar surface area (TPSA) is 46.5 Å². The second kappa shape index (κ2) is 19.7. The summed E-state index contributed by atoms with van der Waals surface area (Å²) < 4.78 is 4.97. The van der Waals surface area contributed by atoms with Crippen molar-refractivity contribution in [1.82, 2.24) is 0 Å². The number of esters is 1. The van der Waals surface area contributed by atoms with Crippen molar-refractivity contribution in [2.24, 2.45) is 0 Å². The molecule has 0 aromatic carbocycles. The van der Waals surface area contributed by atoms with Crippen LogP contribution in [0.1, 0.15) is 77.6 Å². The van der Waals surface area contributed by atoms with E-state index in [4.69, 9.17) is 9.84 Å². The molecule has 0 aromatic heterocycles. The molecule has 0 aliphatic carbocycles. The summed E-state index contributed by atoms with van der Waals surface area (Å²) in [6, 6.07) is 0. The highest BCUT2D eigenvalue weighted by Crippen LogP contribution is 2.04. The van der Waals surface area contributed by atoms with E-state index in [-0.39, 0.29) is 12.6 Å². The van der Waals surface area contributed by atoms with Crippen LogP contribution in [0, 0.1) is 0 Å². The van der Waals surface area contributed by atoms with Crippen molar-refractivity contribution in [1.29, 1.82) is 0 Å². The monoisotopic (exact) mass is 336 g/mol. The molecule has 0 saturated carbocycles. The van der Waals surface area contributed by atoms with E-state index in [1.165, 1.54) is 25.7 Å². The first-order chi connectivity index (χ1) is 11.8. The van der Waals surface area contributed by atoms with Crippen molar-refractivity contribution in [3.63, 3.8) is 0 Å². The van der Waals surface area contributed by atoms with Gasteiger partial charge in [0.15, 0.2) is 0 Å². The highest BCUT2D eigenvalue weighted by Gasteiger charge is 2.00. The third kappa shape index (κ3) is 18.7. The molecule has 0 unspecified atom stereocenters. The lowest BCUT2D eigenvalue weighted by Gasteiger charge is -2.02. The van der Waals surface area contributed by atoms with Gasteiger partial charge in [-0.25, -0.2) is 0 Å². The van der Waals surface area contributed by atoms with Gasteiger partial charge in [0.05, 0.1) is 6.61 Å². The minimum Gasteiger partial charge on any atom is -0.466 e. The third-order valence-electron chi connectivity index (χ3n) is 3.59. The lowest BCUT2D eigenvalue weighted by Crippen LogP contribution is -2.06. The number of allylic oxidation sites excluding steroid dienone is 6. The molecule has 0 aromatic rings. The van der Waals surface area contributed by atoms with Gasteiger partial charge in [-0.15, -0.1) is 0 Å². The quantitative estimate of drug-likeness (QED) is 0.230. The van der Waals surface area contributed by atoms with Gasteiger partial charge in [0.25, 0.3) is 0 Å². The molecule has 1 N–H and O–H groups in total. The van der Waals surface area contributed by atoms with E-state index in [1.807, 2.05) is 0 Å².